The van der Waals surface area contributed by atoms with Crippen molar-refractivity contribution in [2.45, 2.75) is 32.4 Å². The van der Waals surface area contributed by atoms with Crippen LogP contribution in [0.25, 0.3) is 6.08 Å². The second kappa shape index (κ2) is 6.79. The lowest BCUT2D eigenvalue weighted by Gasteiger charge is -2.35. The summed E-state index contributed by atoms with van der Waals surface area (Å²) in [5.41, 5.74) is 4.66. The van der Waals surface area contributed by atoms with Crippen molar-refractivity contribution in [2.75, 3.05) is 6.54 Å². The standard InChI is InChI=1S/C22H22N2O2/c1-16(25)24-13-11-18-7-4-5-9-20(18)21(24)14-22(26)23-12-10-17-6-2-3-8-19(17)15-23/h2-9,11,13,21H,10,12,14-15H2,1H3. The molecule has 0 spiro atoms. The van der Waals surface area contributed by atoms with Crippen molar-refractivity contribution in [1.82, 2.24) is 9.80 Å². The summed E-state index contributed by atoms with van der Waals surface area (Å²) in [7, 11) is 0. The highest BCUT2D eigenvalue weighted by molar-refractivity contribution is 5.82. The first-order valence-electron chi connectivity index (χ1n) is 9.04. The van der Waals surface area contributed by atoms with Gasteiger partial charge in [0.25, 0.3) is 0 Å². The molecule has 0 saturated carbocycles. The molecule has 0 aliphatic carbocycles. The Balaban J connectivity index is 1.56. The molecule has 2 aromatic rings. The number of carbonyl (C=O) groups excluding carboxylic acids is 2. The van der Waals surface area contributed by atoms with Crippen molar-refractivity contribution in [2.24, 2.45) is 0 Å². The monoisotopic (exact) mass is 346 g/mol. The quantitative estimate of drug-likeness (QED) is 0.834. The molecule has 2 heterocycles. The van der Waals surface area contributed by atoms with E-state index in [9.17, 15) is 9.59 Å². The number of nitrogens with zero attached hydrogens (tertiary/aromatic N) is 2. The zero-order chi connectivity index (χ0) is 18.1. The van der Waals surface area contributed by atoms with Crippen molar-refractivity contribution in [3.8, 4) is 0 Å². The van der Waals surface area contributed by atoms with Crippen LogP contribution in [0.2, 0.25) is 0 Å². The molecular formula is C22H22N2O2. The van der Waals surface area contributed by atoms with Gasteiger partial charge in [-0.3, -0.25) is 9.59 Å². The van der Waals surface area contributed by atoms with E-state index in [4.69, 9.17) is 0 Å². The summed E-state index contributed by atoms with van der Waals surface area (Å²) in [5.74, 6) is 0.0541. The molecule has 2 aliphatic rings. The van der Waals surface area contributed by atoms with E-state index < -0.39 is 0 Å². The number of fused-ring (bicyclic) bond motifs is 2. The van der Waals surface area contributed by atoms with Crippen LogP contribution in [0, 0.1) is 0 Å². The number of carbonyl (C=O) groups is 2. The second-order valence-corrected chi connectivity index (χ2v) is 6.92. The topological polar surface area (TPSA) is 40.6 Å². The maximum atomic E-state index is 13.0. The fraction of sp³-hybridized carbons (Fsp3) is 0.273. The van der Waals surface area contributed by atoms with E-state index in [1.807, 2.05) is 47.4 Å². The molecule has 0 radical (unpaired) electrons. The largest absolute Gasteiger partial charge is 0.338 e. The Kier molecular flexibility index (Phi) is 4.33. The highest BCUT2D eigenvalue weighted by Gasteiger charge is 2.30. The predicted molar refractivity (Wildman–Crippen MR) is 101 cm³/mol. The molecule has 0 fully saturated rings. The van der Waals surface area contributed by atoms with Gasteiger partial charge >= 0.3 is 0 Å². The maximum absolute atomic E-state index is 13.0. The Labute approximate surface area is 153 Å². The SMILES string of the molecule is CC(=O)N1C=Cc2ccccc2C1CC(=O)N1CCc2ccccc2C1. The Bertz CT molecular complexity index is 887. The second-order valence-electron chi connectivity index (χ2n) is 6.92. The van der Waals surface area contributed by atoms with Crippen LogP contribution in [0.15, 0.2) is 54.7 Å². The van der Waals surface area contributed by atoms with Crippen molar-refractivity contribution in [3.63, 3.8) is 0 Å². The summed E-state index contributed by atoms with van der Waals surface area (Å²) < 4.78 is 0. The van der Waals surface area contributed by atoms with Crippen molar-refractivity contribution in [1.29, 1.82) is 0 Å². The normalized spacial score (nSPS) is 18.3. The van der Waals surface area contributed by atoms with Gasteiger partial charge in [-0.25, -0.2) is 0 Å². The van der Waals surface area contributed by atoms with E-state index in [-0.39, 0.29) is 17.9 Å². The maximum Gasteiger partial charge on any atom is 0.225 e. The van der Waals surface area contributed by atoms with E-state index >= 15 is 0 Å². The molecule has 4 heteroatoms. The van der Waals surface area contributed by atoms with Crippen LogP contribution >= 0.6 is 0 Å². The van der Waals surface area contributed by atoms with E-state index in [0.717, 1.165) is 24.1 Å². The Morgan fingerprint density at radius 3 is 2.58 bits per heavy atom. The van der Waals surface area contributed by atoms with Crippen molar-refractivity contribution in [3.05, 3.63) is 77.0 Å². The zero-order valence-electron chi connectivity index (χ0n) is 14.9. The summed E-state index contributed by atoms with van der Waals surface area (Å²) >= 11 is 0. The lowest BCUT2D eigenvalue weighted by molar-refractivity contribution is -0.135. The van der Waals surface area contributed by atoms with Gasteiger partial charge in [-0.15, -0.1) is 0 Å². The van der Waals surface area contributed by atoms with Gasteiger partial charge in [0.2, 0.25) is 11.8 Å². The number of benzene rings is 2. The summed E-state index contributed by atoms with van der Waals surface area (Å²) in [6, 6.07) is 16.0. The van der Waals surface area contributed by atoms with Gasteiger partial charge in [0.1, 0.15) is 0 Å². The van der Waals surface area contributed by atoms with Crippen LogP contribution in [0.4, 0.5) is 0 Å². The summed E-state index contributed by atoms with van der Waals surface area (Å²) in [4.78, 5) is 28.7. The van der Waals surface area contributed by atoms with Gasteiger partial charge in [-0.05, 0) is 34.8 Å². The average molecular weight is 346 g/mol. The van der Waals surface area contributed by atoms with E-state index in [2.05, 4.69) is 12.1 Å². The Hall–Kier alpha value is -2.88. The van der Waals surface area contributed by atoms with E-state index in [1.165, 1.54) is 11.1 Å². The van der Waals surface area contributed by atoms with Crippen molar-refractivity contribution < 1.29 is 9.59 Å². The molecule has 0 bridgehead atoms. The van der Waals surface area contributed by atoms with Gasteiger partial charge in [-0.1, -0.05) is 48.5 Å². The average Bonchev–Trinajstić information content (AvgIpc) is 2.67. The third-order valence-corrected chi connectivity index (χ3v) is 5.32. The lowest BCUT2D eigenvalue weighted by Crippen LogP contribution is -2.39. The molecular weight excluding hydrogens is 324 g/mol. The van der Waals surface area contributed by atoms with Crippen LogP contribution < -0.4 is 0 Å². The molecule has 2 amide bonds. The third kappa shape index (κ3) is 3.03. The van der Waals surface area contributed by atoms with Gasteiger partial charge in [0, 0.05) is 26.2 Å². The third-order valence-electron chi connectivity index (χ3n) is 5.32. The molecule has 1 atom stereocenters. The number of hydrogen-bond donors (Lipinski definition) is 0. The number of hydrogen-bond acceptors (Lipinski definition) is 2. The first-order chi connectivity index (χ1) is 12.6. The summed E-state index contributed by atoms with van der Waals surface area (Å²) in [6.45, 7) is 2.94. The van der Waals surface area contributed by atoms with E-state index in [0.29, 0.717) is 13.0 Å². The van der Waals surface area contributed by atoms with Crippen LogP contribution in [0.1, 0.15) is 41.6 Å². The molecule has 0 saturated heterocycles. The van der Waals surface area contributed by atoms with Crippen LogP contribution in [-0.4, -0.2) is 28.2 Å². The fourth-order valence-electron chi connectivity index (χ4n) is 3.92. The molecule has 4 nitrogen and oxygen atoms in total. The molecule has 132 valence electrons. The Morgan fingerprint density at radius 1 is 1.04 bits per heavy atom. The minimum atomic E-state index is -0.238. The predicted octanol–water partition coefficient (Wildman–Crippen LogP) is 3.54. The van der Waals surface area contributed by atoms with Crippen molar-refractivity contribution >= 4 is 17.9 Å². The summed E-state index contributed by atoms with van der Waals surface area (Å²) in [5, 5.41) is 0. The molecule has 26 heavy (non-hydrogen) atoms. The molecule has 0 N–H and O–H groups in total. The van der Waals surface area contributed by atoms with Gasteiger partial charge < -0.3 is 9.80 Å². The molecule has 2 aliphatic heterocycles. The smallest absolute Gasteiger partial charge is 0.225 e. The molecule has 0 aromatic heterocycles. The van der Waals surface area contributed by atoms with Crippen LogP contribution in [0.5, 0.6) is 0 Å². The fourth-order valence-corrected chi connectivity index (χ4v) is 3.92. The Morgan fingerprint density at radius 2 is 1.77 bits per heavy atom. The highest BCUT2D eigenvalue weighted by atomic mass is 16.2. The molecule has 2 aromatic carbocycles. The zero-order valence-corrected chi connectivity index (χ0v) is 14.9. The summed E-state index contributed by atoms with van der Waals surface area (Å²) in [6.07, 6.45) is 4.94. The van der Waals surface area contributed by atoms with Gasteiger partial charge in [-0.2, -0.15) is 0 Å². The number of rotatable bonds is 2. The van der Waals surface area contributed by atoms with Gasteiger partial charge in [0.15, 0.2) is 0 Å². The van der Waals surface area contributed by atoms with Crippen LogP contribution in [0.3, 0.4) is 0 Å². The first kappa shape index (κ1) is 16.6. The number of amides is 2. The minimum absolute atomic E-state index is 0.0439. The molecule has 4 rings (SSSR count). The van der Waals surface area contributed by atoms with E-state index in [1.54, 1.807) is 18.0 Å². The first-order valence-corrected chi connectivity index (χ1v) is 9.04. The molecule has 1 unspecified atom stereocenters. The van der Waals surface area contributed by atoms with Crippen LogP contribution in [-0.2, 0) is 22.6 Å². The highest BCUT2D eigenvalue weighted by Crippen LogP contribution is 2.33. The van der Waals surface area contributed by atoms with Gasteiger partial charge in [0.05, 0.1) is 12.5 Å². The lowest BCUT2D eigenvalue weighted by atomic mass is 9.92. The minimum Gasteiger partial charge on any atom is -0.338 e.